The predicted octanol–water partition coefficient (Wildman–Crippen LogP) is 5.38. The van der Waals surface area contributed by atoms with Gasteiger partial charge >= 0.3 is 0 Å². The van der Waals surface area contributed by atoms with Gasteiger partial charge in [-0.05, 0) is 82.2 Å². The maximum absolute atomic E-state index is 14.3. The van der Waals surface area contributed by atoms with Gasteiger partial charge in [0.15, 0.2) is 5.82 Å². The van der Waals surface area contributed by atoms with Crippen LogP contribution in [0.3, 0.4) is 0 Å². The van der Waals surface area contributed by atoms with Crippen LogP contribution in [0, 0.1) is 6.92 Å². The van der Waals surface area contributed by atoms with Crippen molar-refractivity contribution in [2.75, 3.05) is 11.9 Å². The molecule has 1 fully saturated rings. The van der Waals surface area contributed by atoms with E-state index in [1.54, 1.807) is 25.4 Å². The molecule has 204 valence electrons. The molecule has 0 radical (unpaired) electrons. The van der Waals surface area contributed by atoms with Crippen LogP contribution >= 0.6 is 0 Å². The summed E-state index contributed by atoms with van der Waals surface area (Å²) in [6.45, 7) is 4.15. The number of anilines is 1. The monoisotopic (exact) mass is 550 g/mol. The number of nitrogens with zero attached hydrogens (tertiary/aromatic N) is 4. The van der Waals surface area contributed by atoms with E-state index in [1.807, 2.05) is 18.3 Å². The smallest absolute Gasteiger partial charge is 0.259 e. The first kappa shape index (κ1) is 25.8. The van der Waals surface area contributed by atoms with Gasteiger partial charge in [0.1, 0.15) is 5.67 Å². The molecule has 0 saturated heterocycles. The molecule has 3 heterocycles. The number of hydrogen-bond donors (Lipinski definition) is 2. The van der Waals surface area contributed by atoms with Gasteiger partial charge in [-0.3, -0.25) is 9.97 Å². The Labute approximate surface area is 226 Å². The standard InChI is InChI=1S/C28H31FN6O3S/c1-16-33-27(38-35-16)18-9-19(13-30-12-18)34-24-6-4-5-20-21(24)11-26(39(36,37)32-15-28(2,3)29)22-10-25(17-7-8-17)31-14-23(20)22/h9-14,17,24,32,34H,4-8,15H2,1-3H3. The van der Waals surface area contributed by atoms with E-state index in [0.29, 0.717) is 28.6 Å². The first-order valence-corrected chi connectivity index (χ1v) is 14.7. The number of fused-ring (bicyclic) bond motifs is 3. The van der Waals surface area contributed by atoms with Gasteiger partial charge in [-0.25, -0.2) is 17.5 Å². The highest BCUT2D eigenvalue weighted by molar-refractivity contribution is 7.89. The fraction of sp³-hybridized carbons (Fsp3) is 0.429. The number of benzene rings is 1. The molecule has 0 spiro atoms. The molecule has 1 atom stereocenters. The Morgan fingerprint density at radius 2 is 1.92 bits per heavy atom. The Balaban J connectivity index is 1.42. The highest BCUT2D eigenvalue weighted by atomic mass is 32.2. The van der Waals surface area contributed by atoms with Crippen LogP contribution < -0.4 is 10.0 Å². The third-order valence-electron chi connectivity index (χ3n) is 7.27. The van der Waals surface area contributed by atoms with Crippen LogP contribution in [0.5, 0.6) is 0 Å². The van der Waals surface area contributed by atoms with Crippen molar-refractivity contribution in [1.82, 2.24) is 24.8 Å². The van der Waals surface area contributed by atoms with E-state index in [9.17, 15) is 12.8 Å². The minimum absolute atomic E-state index is 0.158. The lowest BCUT2D eigenvalue weighted by atomic mass is 9.84. The van der Waals surface area contributed by atoms with E-state index < -0.39 is 15.7 Å². The van der Waals surface area contributed by atoms with Crippen molar-refractivity contribution >= 4 is 26.5 Å². The van der Waals surface area contributed by atoms with E-state index in [1.165, 1.54) is 13.8 Å². The van der Waals surface area contributed by atoms with Crippen molar-refractivity contribution in [2.45, 2.75) is 75.4 Å². The van der Waals surface area contributed by atoms with Crippen LogP contribution in [-0.4, -0.2) is 40.7 Å². The lowest BCUT2D eigenvalue weighted by molar-refractivity contribution is 0.221. The third-order valence-corrected chi connectivity index (χ3v) is 8.71. The average molecular weight is 551 g/mol. The Bertz CT molecular complexity index is 1660. The van der Waals surface area contributed by atoms with E-state index in [4.69, 9.17) is 9.51 Å². The first-order valence-electron chi connectivity index (χ1n) is 13.2. The quantitative estimate of drug-likeness (QED) is 0.300. The molecule has 39 heavy (non-hydrogen) atoms. The zero-order valence-electron chi connectivity index (χ0n) is 22.2. The highest BCUT2D eigenvalue weighted by Crippen LogP contribution is 2.43. The number of alkyl halides is 1. The van der Waals surface area contributed by atoms with Crippen molar-refractivity contribution in [3.63, 3.8) is 0 Å². The summed E-state index contributed by atoms with van der Waals surface area (Å²) in [4.78, 5) is 13.5. The van der Waals surface area contributed by atoms with Crippen LogP contribution in [0.15, 0.2) is 46.2 Å². The molecule has 0 amide bonds. The summed E-state index contributed by atoms with van der Waals surface area (Å²) >= 11 is 0. The molecular weight excluding hydrogens is 519 g/mol. The Hall–Kier alpha value is -3.44. The van der Waals surface area contributed by atoms with Gasteiger partial charge < -0.3 is 9.84 Å². The summed E-state index contributed by atoms with van der Waals surface area (Å²) in [5, 5.41) is 8.87. The van der Waals surface area contributed by atoms with Gasteiger partial charge in [-0.2, -0.15) is 4.98 Å². The van der Waals surface area contributed by atoms with E-state index in [-0.39, 0.29) is 17.5 Å². The molecular formula is C28H31FN6O3S. The molecule has 9 nitrogen and oxygen atoms in total. The van der Waals surface area contributed by atoms with Crippen LogP contribution in [0.4, 0.5) is 10.1 Å². The summed E-state index contributed by atoms with van der Waals surface area (Å²) in [6.07, 6.45) is 9.87. The minimum Gasteiger partial charge on any atom is -0.377 e. The van der Waals surface area contributed by atoms with Gasteiger partial charge in [-0.1, -0.05) is 5.16 Å². The molecule has 4 aromatic rings. The number of halogens is 1. The summed E-state index contributed by atoms with van der Waals surface area (Å²) in [7, 11) is -4.00. The molecule has 2 aliphatic carbocycles. The second kappa shape index (κ2) is 9.63. The van der Waals surface area contributed by atoms with Gasteiger partial charge in [-0.15, -0.1) is 0 Å². The molecule has 11 heteroatoms. The van der Waals surface area contributed by atoms with Gasteiger partial charge in [0.05, 0.1) is 22.2 Å². The number of aryl methyl sites for hydroxylation is 2. The summed E-state index contributed by atoms with van der Waals surface area (Å²) < 4.78 is 49.3. The van der Waals surface area contributed by atoms with Crippen molar-refractivity contribution < 1.29 is 17.3 Å². The Kier molecular flexibility index (Phi) is 6.38. The SMILES string of the molecule is Cc1noc(-c2cncc(NC3CCCc4c3cc(S(=O)(=O)NCC(C)(C)F)c3cc(C5CC5)ncc43)c2)n1. The van der Waals surface area contributed by atoms with E-state index >= 15 is 0 Å². The molecule has 0 aliphatic heterocycles. The average Bonchev–Trinajstić information content (AvgIpc) is 3.66. The normalized spacial score (nSPS) is 17.8. The summed E-state index contributed by atoms with van der Waals surface area (Å²) in [6, 6.07) is 5.41. The summed E-state index contributed by atoms with van der Waals surface area (Å²) in [5.74, 6) is 1.29. The largest absolute Gasteiger partial charge is 0.377 e. The van der Waals surface area contributed by atoms with Crippen LogP contribution in [-0.2, 0) is 16.4 Å². The molecule has 1 aromatic carbocycles. The van der Waals surface area contributed by atoms with Crippen molar-refractivity contribution in [1.29, 1.82) is 0 Å². The first-order chi connectivity index (χ1) is 18.6. The van der Waals surface area contributed by atoms with Gasteiger partial charge in [0.25, 0.3) is 5.89 Å². The van der Waals surface area contributed by atoms with E-state index in [0.717, 1.165) is 60.0 Å². The van der Waals surface area contributed by atoms with Gasteiger partial charge in [0.2, 0.25) is 10.0 Å². The van der Waals surface area contributed by atoms with Crippen LogP contribution in [0.1, 0.15) is 74.1 Å². The number of hydrogen-bond acceptors (Lipinski definition) is 8. The Morgan fingerprint density at radius 3 is 2.64 bits per heavy atom. The fourth-order valence-electron chi connectivity index (χ4n) is 5.18. The maximum atomic E-state index is 14.3. The topological polar surface area (TPSA) is 123 Å². The molecule has 3 aromatic heterocycles. The number of nitrogens with one attached hydrogen (secondary N) is 2. The number of aromatic nitrogens is 4. The lowest BCUT2D eigenvalue weighted by Crippen LogP contribution is -2.35. The van der Waals surface area contributed by atoms with Crippen LogP contribution in [0.2, 0.25) is 0 Å². The van der Waals surface area contributed by atoms with Gasteiger partial charge in [0, 0.05) is 47.5 Å². The molecule has 2 aliphatic rings. The second-order valence-corrected chi connectivity index (χ2v) is 12.8. The van der Waals surface area contributed by atoms with Crippen LogP contribution in [0.25, 0.3) is 22.2 Å². The predicted molar refractivity (Wildman–Crippen MR) is 146 cm³/mol. The molecule has 1 unspecified atom stereocenters. The number of sulfonamides is 1. The Morgan fingerprint density at radius 1 is 1.10 bits per heavy atom. The molecule has 2 N–H and O–H groups in total. The summed E-state index contributed by atoms with van der Waals surface area (Å²) in [5.41, 5.74) is 2.66. The van der Waals surface area contributed by atoms with E-state index in [2.05, 4.69) is 25.2 Å². The second-order valence-electron chi connectivity index (χ2n) is 11.1. The van der Waals surface area contributed by atoms with Crippen molar-refractivity contribution in [3.8, 4) is 11.5 Å². The van der Waals surface area contributed by atoms with Crippen molar-refractivity contribution in [2.24, 2.45) is 0 Å². The number of rotatable bonds is 8. The molecule has 6 rings (SSSR count). The highest BCUT2D eigenvalue weighted by Gasteiger charge is 2.31. The molecule has 1 saturated carbocycles. The zero-order chi connectivity index (χ0) is 27.4. The zero-order valence-corrected chi connectivity index (χ0v) is 23.0. The number of pyridine rings is 2. The fourth-order valence-corrected chi connectivity index (χ4v) is 6.61. The third kappa shape index (κ3) is 5.38. The maximum Gasteiger partial charge on any atom is 0.259 e. The lowest BCUT2D eigenvalue weighted by Gasteiger charge is -2.29. The van der Waals surface area contributed by atoms with Crippen molar-refractivity contribution in [3.05, 3.63) is 59.4 Å². The molecule has 0 bridgehead atoms. The minimum atomic E-state index is -4.00.